The maximum Gasteiger partial charge on any atom is 0.194 e. The second kappa shape index (κ2) is 12.0. The average Bonchev–Trinajstić information content (AvgIpc) is 2.26. The minimum Gasteiger partial charge on any atom is -0.512 e. The van der Waals surface area contributed by atoms with Crippen molar-refractivity contribution in [1.29, 1.82) is 0 Å². The molecule has 0 aromatic carbocycles. The molecule has 0 rings (SSSR count). The Labute approximate surface area is 157 Å². The van der Waals surface area contributed by atoms with Gasteiger partial charge in [0.2, 0.25) is 0 Å². The third-order valence-corrected chi connectivity index (χ3v) is 7.76. The van der Waals surface area contributed by atoms with Crippen LogP contribution in [0.4, 0.5) is 0 Å². The molecule has 0 saturated heterocycles. The molecule has 0 aliphatic carbocycles. The maximum atomic E-state index is 9.77. The summed E-state index contributed by atoms with van der Waals surface area (Å²) in [6, 6.07) is 0. The van der Waals surface area contributed by atoms with Crippen molar-refractivity contribution in [2.45, 2.75) is 59.5 Å². The van der Waals surface area contributed by atoms with Crippen LogP contribution in [0.15, 0.2) is 12.3 Å². The van der Waals surface area contributed by atoms with Crippen molar-refractivity contribution in [2.24, 2.45) is 5.41 Å². The third-order valence-electron chi connectivity index (χ3n) is 4.17. The van der Waals surface area contributed by atoms with Gasteiger partial charge in [-0.2, -0.15) is 0 Å². The Kier molecular flexibility index (Phi) is 16.4. The average molecular weight is 405 g/mol. The van der Waals surface area contributed by atoms with Gasteiger partial charge in [0.15, 0.2) is 7.37 Å². The van der Waals surface area contributed by atoms with Gasteiger partial charge in [-0.15, -0.1) is 13.2 Å². The Morgan fingerprint density at radius 1 is 1.00 bits per heavy atom. The van der Waals surface area contributed by atoms with Crippen LogP contribution >= 0.6 is 14.3 Å². The van der Waals surface area contributed by atoms with Crippen molar-refractivity contribution in [2.75, 3.05) is 26.7 Å². The summed E-state index contributed by atoms with van der Waals surface area (Å²) in [5, 5.41) is 9.36. The van der Waals surface area contributed by atoms with Gasteiger partial charge >= 0.3 is 0 Å². The monoisotopic (exact) mass is 405 g/mol. The molecule has 2 N–H and O–H groups in total. The van der Waals surface area contributed by atoms with Crippen LogP contribution in [0.2, 0.25) is 0 Å². The second-order valence-corrected chi connectivity index (χ2v) is 15.0. The van der Waals surface area contributed by atoms with Crippen LogP contribution in [0.5, 0.6) is 0 Å². The van der Waals surface area contributed by atoms with Crippen molar-refractivity contribution < 1.29 is 33.1 Å². The summed E-state index contributed by atoms with van der Waals surface area (Å²) in [5.41, 5.74) is -0.0972. The molecule has 0 bridgehead atoms. The van der Waals surface area contributed by atoms with Crippen LogP contribution in [-0.2, 0) is 23.1 Å². The Balaban J connectivity index is -0.000000120. The SMILES string of the molecule is C=C(O)C(C)(C)CC.C=P(C)(C)C(C)(C)CC.CP(C)(=O)O.[V]. The maximum absolute atomic E-state index is 9.77. The Morgan fingerprint density at radius 2 is 1.26 bits per heavy atom. The van der Waals surface area contributed by atoms with Gasteiger partial charge in [-0.1, -0.05) is 48.1 Å². The summed E-state index contributed by atoms with van der Waals surface area (Å²) in [6.07, 6.45) is 6.40. The van der Waals surface area contributed by atoms with Crippen LogP contribution in [0.1, 0.15) is 54.4 Å². The van der Waals surface area contributed by atoms with Crippen molar-refractivity contribution in [3.05, 3.63) is 12.3 Å². The first-order valence-electron chi connectivity index (χ1n) is 7.66. The number of allylic oxidation sites excluding steroid dienone is 1. The number of hydrogen-bond donors (Lipinski definition) is 2. The van der Waals surface area contributed by atoms with E-state index in [1.165, 1.54) is 19.8 Å². The van der Waals surface area contributed by atoms with Crippen molar-refractivity contribution in [3.8, 4) is 0 Å². The molecule has 0 amide bonds. The molecule has 0 aromatic heterocycles. The van der Waals surface area contributed by atoms with E-state index in [9.17, 15) is 4.57 Å². The Morgan fingerprint density at radius 3 is 1.26 bits per heavy atom. The summed E-state index contributed by atoms with van der Waals surface area (Å²) >= 11 is 0. The summed E-state index contributed by atoms with van der Waals surface area (Å²) in [6.45, 7) is 22.6. The van der Waals surface area contributed by atoms with Crippen LogP contribution in [0, 0.1) is 5.41 Å². The number of rotatable bonds is 4. The summed E-state index contributed by atoms with van der Waals surface area (Å²) in [7, 11) is -2.64. The fraction of sp³-hybridized carbons (Fsp3) is 0.824. The Bertz CT molecular complexity index is 409. The van der Waals surface area contributed by atoms with E-state index in [0.717, 1.165) is 6.42 Å². The molecule has 23 heavy (non-hydrogen) atoms. The first kappa shape index (κ1) is 31.4. The molecule has 6 heteroatoms. The predicted octanol–water partition coefficient (Wildman–Crippen LogP) is 5.89. The van der Waals surface area contributed by atoms with E-state index in [4.69, 9.17) is 10.00 Å². The molecule has 0 aromatic rings. The van der Waals surface area contributed by atoms with E-state index >= 15 is 0 Å². The number of aliphatic hydroxyl groups excluding tert-OH is 1. The van der Waals surface area contributed by atoms with Gasteiger partial charge in [0.25, 0.3) is 0 Å². The van der Waals surface area contributed by atoms with Crippen LogP contribution in [0.25, 0.3) is 0 Å². The first-order chi connectivity index (χ1) is 9.31. The number of hydrogen-bond acceptors (Lipinski definition) is 2. The smallest absolute Gasteiger partial charge is 0.194 e. The van der Waals surface area contributed by atoms with Crippen LogP contribution in [-0.4, -0.2) is 48.1 Å². The first-order valence-corrected chi connectivity index (χ1v) is 13.1. The van der Waals surface area contributed by atoms with E-state index in [1.807, 2.05) is 20.8 Å². The minimum atomic E-state index is -2.64. The van der Waals surface area contributed by atoms with Gasteiger partial charge in [0.1, 0.15) is 0 Å². The molecular weight excluding hydrogens is 365 g/mol. The zero-order chi connectivity index (χ0) is 19.0. The van der Waals surface area contributed by atoms with Gasteiger partial charge in [-0.25, -0.2) is 0 Å². The summed E-state index contributed by atoms with van der Waals surface area (Å²) in [5.74, 6) is 0.278. The van der Waals surface area contributed by atoms with Gasteiger partial charge in [-0.3, -0.25) is 4.57 Å². The van der Waals surface area contributed by atoms with Crippen LogP contribution in [0.3, 0.4) is 0 Å². The van der Waals surface area contributed by atoms with Gasteiger partial charge < -0.3 is 10.00 Å². The molecule has 0 fully saturated rings. The molecule has 141 valence electrons. The van der Waals surface area contributed by atoms with Crippen molar-refractivity contribution in [1.82, 2.24) is 0 Å². The molecule has 3 nitrogen and oxygen atoms in total. The van der Waals surface area contributed by atoms with Crippen LogP contribution < -0.4 is 0 Å². The molecule has 0 aliphatic heterocycles. The molecule has 0 unspecified atom stereocenters. The zero-order valence-electron chi connectivity index (χ0n) is 17.0. The normalized spacial score (nSPS) is 12.0. The van der Waals surface area contributed by atoms with E-state index in [2.05, 4.69) is 47.0 Å². The Hall–Kier alpha value is 0.614. The van der Waals surface area contributed by atoms with E-state index in [-0.39, 0.29) is 29.7 Å². The van der Waals surface area contributed by atoms with Gasteiger partial charge in [0, 0.05) is 37.3 Å². The third kappa shape index (κ3) is 20.6. The van der Waals surface area contributed by atoms with Gasteiger partial charge in [-0.05, 0) is 31.3 Å². The molecule has 0 aliphatic rings. The largest absolute Gasteiger partial charge is 0.512 e. The van der Waals surface area contributed by atoms with Gasteiger partial charge in [0.05, 0.1) is 5.76 Å². The van der Waals surface area contributed by atoms with E-state index < -0.39 is 14.3 Å². The molecule has 0 atom stereocenters. The van der Waals surface area contributed by atoms with E-state index in [0.29, 0.717) is 5.16 Å². The molecule has 0 heterocycles. The van der Waals surface area contributed by atoms with E-state index in [1.54, 1.807) is 0 Å². The summed E-state index contributed by atoms with van der Waals surface area (Å²) < 4.78 is 9.77. The second-order valence-electron chi connectivity index (χ2n) is 7.83. The molecule has 0 spiro atoms. The molecule has 0 saturated carbocycles. The quantitative estimate of drug-likeness (QED) is 0.453. The minimum absolute atomic E-state index is 0. The topological polar surface area (TPSA) is 57.5 Å². The zero-order valence-corrected chi connectivity index (χ0v) is 20.2. The molecular formula is C17H40O3P2V. The fourth-order valence-electron chi connectivity index (χ4n) is 0.632. The molecule has 1 radical (unpaired) electrons. The standard InChI is InChI=1S/C8H19P.C7H14O.C2H7O2P.V/c1-7-8(2,3)9(4,5)6;1-5-7(3,4)6(2)8;1-5(2,3)4;/h4,7H2,1-3,5-6H3;8H,2,5H2,1,3-4H3;1-2H3,(H,3,4);. The number of aliphatic hydroxyl groups is 1. The van der Waals surface area contributed by atoms with Crippen molar-refractivity contribution >= 4 is 20.6 Å². The summed E-state index contributed by atoms with van der Waals surface area (Å²) in [4.78, 5) is 8.08. The van der Waals surface area contributed by atoms with Crippen molar-refractivity contribution in [3.63, 3.8) is 0 Å². The fourth-order valence-corrected chi connectivity index (χ4v) is 1.49. The predicted molar refractivity (Wildman–Crippen MR) is 108 cm³/mol.